The van der Waals surface area contributed by atoms with E-state index in [9.17, 15) is 13.2 Å². The molecule has 1 aliphatic rings. The number of rotatable bonds is 3. The standard InChI is InChI=1S/C23H21F3/c1-2-4-14-7-8-19-18-5-3-6-22(26)20(18)9-10-21(19)23(14)15-11-16(24)13-17(25)12-15/h3,5-6,9-14,23H,2,4,7-8H2,1H3/t14-,23-/m1/s1. The lowest BCUT2D eigenvalue weighted by Gasteiger charge is -2.35. The van der Waals surface area contributed by atoms with Crippen LogP contribution in [0.3, 0.4) is 0 Å². The van der Waals surface area contributed by atoms with Crippen LogP contribution in [0, 0.1) is 23.4 Å². The highest BCUT2D eigenvalue weighted by Crippen LogP contribution is 2.45. The number of hydrogen-bond donors (Lipinski definition) is 0. The average Bonchev–Trinajstić information content (AvgIpc) is 2.61. The predicted octanol–water partition coefficient (Wildman–Crippen LogP) is 6.75. The molecule has 26 heavy (non-hydrogen) atoms. The molecule has 4 rings (SSSR count). The van der Waals surface area contributed by atoms with Crippen LogP contribution in [0.15, 0.2) is 48.5 Å². The molecule has 0 N–H and O–H groups in total. The normalized spacial score (nSPS) is 19.5. The lowest BCUT2D eigenvalue weighted by Crippen LogP contribution is -2.22. The summed E-state index contributed by atoms with van der Waals surface area (Å²) in [5, 5.41) is 1.53. The number of fused-ring (bicyclic) bond motifs is 3. The van der Waals surface area contributed by atoms with E-state index >= 15 is 0 Å². The fourth-order valence-corrected chi connectivity index (χ4v) is 4.61. The first-order valence-electron chi connectivity index (χ1n) is 9.24. The molecule has 3 aromatic rings. The van der Waals surface area contributed by atoms with E-state index in [0.717, 1.165) is 48.3 Å². The molecule has 3 heteroatoms. The van der Waals surface area contributed by atoms with Gasteiger partial charge in [-0.3, -0.25) is 0 Å². The van der Waals surface area contributed by atoms with Crippen LogP contribution in [0.5, 0.6) is 0 Å². The van der Waals surface area contributed by atoms with Gasteiger partial charge in [-0.1, -0.05) is 37.6 Å². The Balaban J connectivity index is 1.93. The zero-order chi connectivity index (χ0) is 18.3. The van der Waals surface area contributed by atoms with E-state index in [1.165, 1.54) is 18.2 Å². The van der Waals surface area contributed by atoms with E-state index in [1.54, 1.807) is 12.1 Å². The van der Waals surface area contributed by atoms with Crippen LogP contribution in [-0.4, -0.2) is 0 Å². The molecule has 2 atom stereocenters. The van der Waals surface area contributed by atoms with E-state index in [0.29, 0.717) is 16.9 Å². The summed E-state index contributed by atoms with van der Waals surface area (Å²) in [6, 6.07) is 12.7. The van der Waals surface area contributed by atoms with Crippen molar-refractivity contribution in [2.24, 2.45) is 5.92 Å². The molecule has 0 aliphatic heterocycles. The van der Waals surface area contributed by atoms with E-state index in [2.05, 4.69) is 6.92 Å². The van der Waals surface area contributed by atoms with E-state index < -0.39 is 11.6 Å². The lowest BCUT2D eigenvalue weighted by molar-refractivity contribution is 0.378. The molecular formula is C23H21F3. The molecule has 0 bridgehead atoms. The summed E-state index contributed by atoms with van der Waals surface area (Å²) in [7, 11) is 0. The Bertz CT molecular complexity index is 941. The second-order valence-corrected chi connectivity index (χ2v) is 7.24. The number of aryl methyl sites for hydroxylation is 1. The van der Waals surface area contributed by atoms with E-state index in [-0.39, 0.29) is 11.7 Å². The van der Waals surface area contributed by atoms with Crippen LogP contribution in [0.1, 0.15) is 48.8 Å². The fourth-order valence-electron chi connectivity index (χ4n) is 4.61. The minimum absolute atomic E-state index is 0.0587. The summed E-state index contributed by atoms with van der Waals surface area (Å²) in [5.74, 6) is -1.05. The van der Waals surface area contributed by atoms with Crippen molar-refractivity contribution in [3.8, 4) is 0 Å². The molecule has 0 saturated carbocycles. The molecule has 1 aliphatic carbocycles. The quantitative estimate of drug-likeness (QED) is 0.488. The second-order valence-electron chi connectivity index (χ2n) is 7.24. The van der Waals surface area contributed by atoms with Gasteiger partial charge in [0.25, 0.3) is 0 Å². The largest absolute Gasteiger partial charge is 0.207 e. The molecular weight excluding hydrogens is 333 g/mol. The molecule has 3 aromatic carbocycles. The first-order chi connectivity index (χ1) is 12.6. The van der Waals surface area contributed by atoms with Crippen LogP contribution >= 0.6 is 0 Å². The van der Waals surface area contributed by atoms with Gasteiger partial charge in [-0.05, 0) is 65.5 Å². The molecule has 0 amide bonds. The van der Waals surface area contributed by atoms with Crippen LogP contribution < -0.4 is 0 Å². The third-order valence-electron chi connectivity index (χ3n) is 5.63. The van der Waals surface area contributed by atoms with Crippen LogP contribution in [0.25, 0.3) is 10.8 Å². The van der Waals surface area contributed by atoms with Crippen LogP contribution in [0.2, 0.25) is 0 Å². The highest BCUT2D eigenvalue weighted by Gasteiger charge is 2.32. The van der Waals surface area contributed by atoms with Crippen LogP contribution in [0.4, 0.5) is 13.2 Å². The molecule has 0 fully saturated rings. The number of benzene rings is 3. The first kappa shape index (κ1) is 17.1. The Kier molecular flexibility index (Phi) is 4.47. The van der Waals surface area contributed by atoms with Crippen molar-refractivity contribution in [1.29, 1.82) is 0 Å². The number of halogens is 3. The molecule has 0 unspecified atom stereocenters. The Morgan fingerprint density at radius 2 is 1.69 bits per heavy atom. The van der Waals surface area contributed by atoms with Gasteiger partial charge in [0.1, 0.15) is 17.5 Å². The molecule has 0 spiro atoms. The molecule has 134 valence electrons. The van der Waals surface area contributed by atoms with Crippen molar-refractivity contribution >= 4 is 10.8 Å². The third kappa shape index (κ3) is 2.90. The van der Waals surface area contributed by atoms with Crippen molar-refractivity contribution < 1.29 is 13.2 Å². The third-order valence-corrected chi connectivity index (χ3v) is 5.63. The average molecular weight is 354 g/mol. The summed E-state index contributed by atoms with van der Waals surface area (Å²) in [4.78, 5) is 0. The van der Waals surface area contributed by atoms with Gasteiger partial charge in [0.05, 0.1) is 0 Å². The SMILES string of the molecule is CCC[C@@H]1CCc2c(ccc3c(F)cccc23)[C@H]1c1cc(F)cc(F)c1. The molecule has 0 heterocycles. The summed E-state index contributed by atoms with van der Waals surface area (Å²) >= 11 is 0. The van der Waals surface area contributed by atoms with Gasteiger partial charge in [-0.25, -0.2) is 13.2 Å². The van der Waals surface area contributed by atoms with Gasteiger partial charge in [0, 0.05) is 17.4 Å². The minimum atomic E-state index is -0.547. The van der Waals surface area contributed by atoms with Gasteiger partial charge >= 0.3 is 0 Å². The molecule has 0 radical (unpaired) electrons. The molecule has 0 aromatic heterocycles. The van der Waals surface area contributed by atoms with Crippen molar-refractivity contribution in [3.05, 3.63) is 82.7 Å². The predicted molar refractivity (Wildman–Crippen MR) is 98.8 cm³/mol. The second kappa shape index (κ2) is 6.79. The monoisotopic (exact) mass is 354 g/mol. The van der Waals surface area contributed by atoms with Gasteiger partial charge < -0.3 is 0 Å². The van der Waals surface area contributed by atoms with E-state index in [1.807, 2.05) is 12.1 Å². The highest BCUT2D eigenvalue weighted by atomic mass is 19.1. The molecule has 0 nitrogen and oxygen atoms in total. The number of hydrogen-bond acceptors (Lipinski definition) is 0. The van der Waals surface area contributed by atoms with Gasteiger partial charge in [-0.15, -0.1) is 0 Å². The van der Waals surface area contributed by atoms with Gasteiger partial charge in [-0.2, -0.15) is 0 Å². The van der Waals surface area contributed by atoms with Crippen molar-refractivity contribution in [1.82, 2.24) is 0 Å². The Morgan fingerprint density at radius 1 is 0.923 bits per heavy atom. The molecule has 0 saturated heterocycles. The van der Waals surface area contributed by atoms with Crippen LogP contribution in [-0.2, 0) is 6.42 Å². The highest BCUT2D eigenvalue weighted by molar-refractivity contribution is 5.88. The van der Waals surface area contributed by atoms with Crippen molar-refractivity contribution in [2.45, 2.75) is 38.5 Å². The Morgan fingerprint density at radius 3 is 2.42 bits per heavy atom. The zero-order valence-electron chi connectivity index (χ0n) is 14.7. The fraction of sp³-hybridized carbons (Fsp3) is 0.304. The van der Waals surface area contributed by atoms with Gasteiger partial charge in [0.2, 0.25) is 0 Å². The maximum absolute atomic E-state index is 14.2. The van der Waals surface area contributed by atoms with Gasteiger partial charge in [0.15, 0.2) is 0 Å². The Hall–Kier alpha value is -2.29. The first-order valence-corrected chi connectivity index (χ1v) is 9.24. The maximum atomic E-state index is 14.2. The topological polar surface area (TPSA) is 0 Å². The zero-order valence-corrected chi connectivity index (χ0v) is 14.7. The smallest absolute Gasteiger partial charge is 0.131 e. The maximum Gasteiger partial charge on any atom is 0.131 e. The van der Waals surface area contributed by atoms with E-state index in [4.69, 9.17) is 0 Å². The Labute approximate surface area is 151 Å². The summed E-state index contributed by atoms with van der Waals surface area (Å²) < 4.78 is 42.0. The summed E-state index contributed by atoms with van der Waals surface area (Å²) in [6.45, 7) is 2.13. The van der Waals surface area contributed by atoms with Crippen molar-refractivity contribution in [2.75, 3.05) is 0 Å². The lowest BCUT2D eigenvalue weighted by atomic mass is 9.69. The minimum Gasteiger partial charge on any atom is -0.207 e. The summed E-state index contributed by atoms with van der Waals surface area (Å²) in [5.41, 5.74) is 2.87. The van der Waals surface area contributed by atoms with Crippen molar-refractivity contribution in [3.63, 3.8) is 0 Å². The summed E-state index contributed by atoms with van der Waals surface area (Å²) in [6.07, 6.45) is 3.84.